The van der Waals surface area contributed by atoms with Crippen LogP contribution in [0.5, 0.6) is 0 Å². The molecule has 0 aromatic carbocycles. The maximum atomic E-state index is 6.13. The monoisotopic (exact) mass is 196 g/mol. The number of hydrogen-bond donors (Lipinski definition) is 0. The Kier molecular flexibility index (Phi) is 6.23. The van der Waals surface area contributed by atoms with E-state index in [0.717, 1.165) is 12.5 Å². The minimum atomic E-state index is -2.28. The van der Waals surface area contributed by atoms with Gasteiger partial charge in [-0.15, -0.1) is 0 Å². The van der Waals surface area contributed by atoms with E-state index >= 15 is 0 Å². The lowest BCUT2D eigenvalue weighted by molar-refractivity contribution is 0.203. The topological polar surface area (TPSA) is 18.5 Å². The van der Waals surface area contributed by atoms with Gasteiger partial charge in [-0.3, -0.25) is 0 Å². The van der Waals surface area contributed by atoms with E-state index in [-0.39, 0.29) is 0 Å². The van der Waals surface area contributed by atoms with E-state index in [9.17, 15) is 0 Å². The summed E-state index contributed by atoms with van der Waals surface area (Å²) in [4.78, 5) is 0. The third-order valence-corrected chi connectivity index (χ3v) is 5.03. The molecule has 4 heteroatoms. The molecule has 0 bridgehead atoms. The summed E-state index contributed by atoms with van der Waals surface area (Å²) in [5.41, 5.74) is 0. The van der Waals surface area contributed by atoms with Gasteiger partial charge in [0.2, 0.25) is 0 Å². The van der Waals surface area contributed by atoms with Gasteiger partial charge < -0.3 is 8.85 Å². The normalized spacial score (nSPS) is 12.0. The second kappa shape index (κ2) is 6.00. The molecular weight excluding hydrogens is 180 g/mol. The van der Waals surface area contributed by atoms with Gasteiger partial charge in [0, 0.05) is 19.3 Å². The number of halogens is 1. The highest BCUT2D eigenvalue weighted by molar-refractivity contribution is 7.12. The van der Waals surface area contributed by atoms with Crippen molar-refractivity contribution in [3.63, 3.8) is 0 Å². The van der Waals surface area contributed by atoms with E-state index in [1.165, 1.54) is 0 Å². The summed E-state index contributed by atoms with van der Waals surface area (Å²) in [7, 11) is -2.28. The van der Waals surface area contributed by atoms with Crippen LogP contribution < -0.4 is 0 Å². The first-order valence-electron chi connectivity index (χ1n) is 4.15. The Morgan fingerprint density at radius 3 is 1.82 bits per heavy atom. The van der Waals surface area contributed by atoms with Gasteiger partial charge in [0.1, 0.15) is 0 Å². The largest absolute Gasteiger partial charge is 0.443 e. The maximum absolute atomic E-state index is 6.13. The van der Waals surface area contributed by atoms with Crippen molar-refractivity contribution in [3.05, 3.63) is 0 Å². The standard InChI is InChI=1S/C7H17ClO2Si/c1-4-7-11(8,9-5-2)10-6-3/h4-7H2,1-3H3. The van der Waals surface area contributed by atoms with Crippen molar-refractivity contribution in [2.45, 2.75) is 33.2 Å². The summed E-state index contributed by atoms with van der Waals surface area (Å²) in [6.45, 7) is 7.27. The molecule has 0 fully saturated rings. The fourth-order valence-electron chi connectivity index (χ4n) is 0.916. The molecule has 0 atom stereocenters. The second-order valence-corrected chi connectivity index (χ2v) is 6.40. The molecule has 0 spiro atoms. The van der Waals surface area contributed by atoms with Gasteiger partial charge >= 0.3 is 7.87 Å². The first-order valence-corrected chi connectivity index (χ1v) is 7.18. The van der Waals surface area contributed by atoms with Gasteiger partial charge in [-0.25, -0.2) is 0 Å². The highest BCUT2D eigenvalue weighted by Crippen LogP contribution is 2.20. The van der Waals surface area contributed by atoms with Gasteiger partial charge in [-0.2, -0.15) is 0 Å². The van der Waals surface area contributed by atoms with Crippen molar-refractivity contribution in [3.8, 4) is 0 Å². The van der Waals surface area contributed by atoms with E-state index in [0.29, 0.717) is 13.2 Å². The van der Waals surface area contributed by atoms with Crippen LogP contribution in [0.4, 0.5) is 0 Å². The Morgan fingerprint density at radius 1 is 1.09 bits per heavy atom. The van der Waals surface area contributed by atoms with Crippen molar-refractivity contribution < 1.29 is 8.85 Å². The van der Waals surface area contributed by atoms with Crippen molar-refractivity contribution in [1.29, 1.82) is 0 Å². The number of hydrogen-bond acceptors (Lipinski definition) is 2. The Balaban J connectivity index is 3.79. The lowest BCUT2D eigenvalue weighted by Crippen LogP contribution is -2.35. The molecule has 0 radical (unpaired) electrons. The summed E-state index contributed by atoms with van der Waals surface area (Å²) >= 11 is 6.13. The van der Waals surface area contributed by atoms with Gasteiger partial charge in [-0.1, -0.05) is 24.4 Å². The summed E-state index contributed by atoms with van der Waals surface area (Å²) < 4.78 is 10.8. The second-order valence-electron chi connectivity index (χ2n) is 2.28. The summed E-state index contributed by atoms with van der Waals surface area (Å²) in [6, 6.07) is 0.871. The van der Waals surface area contributed by atoms with Crippen LogP contribution in [0.3, 0.4) is 0 Å². The average Bonchev–Trinajstić information content (AvgIpc) is 1.88. The van der Waals surface area contributed by atoms with E-state index in [1.807, 2.05) is 13.8 Å². The summed E-state index contributed by atoms with van der Waals surface area (Å²) in [5.74, 6) is 0. The average molecular weight is 197 g/mol. The molecule has 0 aliphatic rings. The Bertz CT molecular complexity index is 83.4. The van der Waals surface area contributed by atoms with Crippen LogP contribution in [-0.2, 0) is 8.85 Å². The minimum absolute atomic E-state index is 0.649. The van der Waals surface area contributed by atoms with Crippen molar-refractivity contribution in [1.82, 2.24) is 0 Å². The van der Waals surface area contributed by atoms with Crippen LogP contribution in [0.1, 0.15) is 27.2 Å². The SMILES string of the molecule is CCC[Si](Cl)(OCC)OCC. The highest BCUT2D eigenvalue weighted by Gasteiger charge is 2.33. The lowest BCUT2D eigenvalue weighted by Gasteiger charge is -2.21. The van der Waals surface area contributed by atoms with Gasteiger partial charge in [0.15, 0.2) is 0 Å². The van der Waals surface area contributed by atoms with Crippen molar-refractivity contribution in [2.24, 2.45) is 0 Å². The van der Waals surface area contributed by atoms with Crippen LogP contribution in [0.15, 0.2) is 0 Å². The zero-order valence-electron chi connectivity index (χ0n) is 7.52. The van der Waals surface area contributed by atoms with Crippen molar-refractivity contribution in [2.75, 3.05) is 13.2 Å². The van der Waals surface area contributed by atoms with Crippen LogP contribution in [-0.4, -0.2) is 21.1 Å². The molecule has 0 unspecified atom stereocenters. The quantitative estimate of drug-likeness (QED) is 0.481. The van der Waals surface area contributed by atoms with E-state index in [2.05, 4.69) is 6.92 Å². The van der Waals surface area contributed by atoms with E-state index < -0.39 is 7.87 Å². The van der Waals surface area contributed by atoms with E-state index in [4.69, 9.17) is 19.9 Å². The summed E-state index contributed by atoms with van der Waals surface area (Å²) in [5, 5.41) is 0. The predicted octanol–water partition coefficient (Wildman–Crippen LogP) is 2.65. The zero-order valence-corrected chi connectivity index (χ0v) is 9.28. The molecule has 0 aromatic rings. The van der Waals surface area contributed by atoms with Gasteiger partial charge in [0.05, 0.1) is 0 Å². The molecule has 0 heterocycles. The Hall–Kier alpha value is 0.427. The molecule has 0 aromatic heterocycles. The first kappa shape index (κ1) is 11.4. The molecule has 0 amide bonds. The van der Waals surface area contributed by atoms with Gasteiger partial charge in [-0.05, 0) is 13.8 Å². The van der Waals surface area contributed by atoms with Crippen LogP contribution in [0.2, 0.25) is 6.04 Å². The molecule has 0 saturated carbocycles. The molecule has 0 aliphatic heterocycles. The predicted molar refractivity (Wildman–Crippen MR) is 50.0 cm³/mol. The molecule has 68 valence electrons. The third kappa shape index (κ3) is 4.79. The number of rotatable bonds is 6. The lowest BCUT2D eigenvalue weighted by atomic mass is 10.6. The Morgan fingerprint density at radius 2 is 1.55 bits per heavy atom. The van der Waals surface area contributed by atoms with Crippen LogP contribution >= 0.6 is 11.1 Å². The van der Waals surface area contributed by atoms with Gasteiger partial charge in [0.25, 0.3) is 0 Å². The highest BCUT2D eigenvalue weighted by atomic mass is 35.6. The third-order valence-electron chi connectivity index (χ3n) is 1.27. The molecule has 2 nitrogen and oxygen atoms in total. The van der Waals surface area contributed by atoms with Crippen molar-refractivity contribution >= 4 is 18.9 Å². The van der Waals surface area contributed by atoms with Crippen LogP contribution in [0.25, 0.3) is 0 Å². The first-order chi connectivity index (χ1) is 5.18. The fourth-order valence-corrected chi connectivity index (χ4v) is 3.97. The Labute approximate surface area is 74.8 Å². The van der Waals surface area contributed by atoms with Crippen LogP contribution in [0, 0.1) is 0 Å². The van der Waals surface area contributed by atoms with E-state index in [1.54, 1.807) is 0 Å². The molecule has 0 aliphatic carbocycles. The molecule has 0 saturated heterocycles. The summed E-state index contributed by atoms with van der Waals surface area (Å²) in [6.07, 6.45) is 1.02. The zero-order chi connectivity index (χ0) is 8.74. The molecular formula is C7H17ClO2Si. The fraction of sp³-hybridized carbons (Fsp3) is 1.00. The minimum Gasteiger partial charge on any atom is -0.383 e. The molecule has 11 heavy (non-hydrogen) atoms. The maximum Gasteiger partial charge on any atom is 0.443 e. The molecule has 0 rings (SSSR count). The molecule has 0 N–H and O–H groups in total. The smallest absolute Gasteiger partial charge is 0.383 e.